The van der Waals surface area contributed by atoms with Crippen molar-refractivity contribution < 1.29 is 19.0 Å². The molecule has 0 unspecified atom stereocenters. The number of aromatic carboxylic acids is 1. The Labute approximate surface area is 130 Å². The van der Waals surface area contributed by atoms with Crippen LogP contribution in [0.15, 0.2) is 17.1 Å². The molecule has 7 heteroatoms. The number of carboxylic acids is 1. The molecule has 2 aromatic rings. The Hall–Kier alpha value is -2.70. The Kier molecular flexibility index (Phi) is 3.43. The molecule has 0 saturated carbocycles. The number of carbonyl (C=O) groups is 1. The first-order chi connectivity index (χ1) is 10.9. The van der Waals surface area contributed by atoms with E-state index in [1.807, 2.05) is 6.92 Å². The highest BCUT2D eigenvalue weighted by atomic mass is 19.1. The minimum atomic E-state index is -1.35. The smallest absolute Gasteiger partial charge is 0.341 e. The molecule has 2 N–H and O–H groups in total. The van der Waals surface area contributed by atoms with Crippen LogP contribution in [0.4, 0.5) is 4.39 Å². The first-order valence-electron chi connectivity index (χ1n) is 7.22. The van der Waals surface area contributed by atoms with E-state index in [0.29, 0.717) is 11.9 Å². The molecule has 0 amide bonds. The molecule has 0 fully saturated rings. The van der Waals surface area contributed by atoms with Crippen LogP contribution in [-0.4, -0.2) is 28.0 Å². The van der Waals surface area contributed by atoms with Gasteiger partial charge in [0.05, 0.1) is 22.5 Å². The second-order valence-electron chi connectivity index (χ2n) is 5.54. The summed E-state index contributed by atoms with van der Waals surface area (Å²) >= 11 is 0. The van der Waals surface area contributed by atoms with Gasteiger partial charge < -0.3 is 19.8 Å². The van der Waals surface area contributed by atoms with Gasteiger partial charge in [-0.15, -0.1) is 0 Å². The van der Waals surface area contributed by atoms with E-state index in [-0.39, 0.29) is 35.1 Å². The van der Waals surface area contributed by atoms with Crippen molar-refractivity contribution >= 4 is 22.6 Å². The number of rotatable bonds is 3. The van der Waals surface area contributed by atoms with Crippen LogP contribution in [0.3, 0.4) is 0 Å². The lowest BCUT2D eigenvalue weighted by Gasteiger charge is -2.28. The second-order valence-corrected chi connectivity index (χ2v) is 5.54. The highest BCUT2D eigenvalue weighted by molar-refractivity contribution is 6.06. The van der Waals surface area contributed by atoms with Gasteiger partial charge in [0.1, 0.15) is 18.0 Å². The average molecular weight is 318 g/mol. The maximum Gasteiger partial charge on any atom is 0.341 e. The number of hydrogen-bond acceptors (Lipinski definition) is 4. The molecule has 0 saturated heterocycles. The summed E-state index contributed by atoms with van der Waals surface area (Å²) in [7, 11) is 0. The topological polar surface area (TPSA) is 92.4 Å². The summed E-state index contributed by atoms with van der Waals surface area (Å²) in [6.45, 7) is 3.74. The predicted molar refractivity (Wildman–Crippen MR) is 82.5 cm³/mol. The SMILES string of the molecule is CCC(=N)c1c(F)cc2c(=O)c(C(=O)O)cn3c2c1OC[C@@H]3C. The van der Waals surface area contributed by atoms with Crippen molar-refractivity contribution in [3.8, 4) is 5.75 Å². The summed E-state index contributed by atoms with van der Waals surface area (Å²) in [6, 6.07) is 0.795. The van der Waals surface area contributed by atoms with E-state index >= 15 is 0 Å². The van der Waals surface area contributed by atoms with Gasteiger partial charge in [-0.3, -0.25) is 4.79 Å². The van der Waals surface area contributed by atoms with E-state index in [0.717, 1.165) is 6.07 Å². The first kappa shape index (κ1) is 15.2. The summed E-state index contributed by atoms with van der Waals surface area (Å²) in [5.74, 6) is -1.97. The second kappa shape index (κ2) is 5.19. The molecule has 1 aromatic carbocycles. The van der Waals surface area contributed by atoms with Gasteiger partial charge in [-0.25, -0.2) is 9.18 Å². The van der Waals surface area contributed by atoms with Crippen molar-refractivity contribution in [2.45, 2.75) is 26.3 Å². The van der Waals surface area contributed by atoms with Crippen LogP contribution in [0.5, 0.6) is 5.75 Å². The normalized spacial score (nSPS) is 16.2. The Morgan fingerprint density at radius 3 is 2.87 bits per heavy atom. The van der Waals surface area contributed by atoms with E-state index in [4.69, 9.17) is 10.1 Å². The highest BCUT2D eigenvalue weighted by Crippen LogP contribution is 2.36. The first-order valence-corrected chi connectivity index (χ1v) is 7.22. The number of nitrogens with one attached hydrogen (secondary N) is 1. The Bertz CT molecular complexity index is 917. The lowest BCUT2D eigenvalue weighted by atomic mass is 10.00. The number of halogens is 1. The fraction of sp³-hybridized carbons (Fsp3) is 0.312. The summed E-state index contributed by atoms with van der Waals surface area (Å²) < 4.78 is 21.7. The zero-order chi connectivity index (χ0) is 16.9. The number of hydrogen-bond donors (Lipinski definition) is 2. The maximum absolute atomic E-state index is 14.5. The van der Waals surface area contributed by atoms with Crippen LogP contribution in [0.25, 0.3) is 10.9 Å². The van der Waals surface area contributed by atoms with Gasteiger partial charge in [0.15, 0.2) is 5.75 Å². The number of ether oxygens (including phenoxy) is 1. The molecule has 23 heavy (non-hydrogen) atoms. The number of benzene rings is 1. The van der Waals surface area contributed by atoms with Crippen molar-refractivity contribution in [2.24, 2.45) is 0 Å². The monoisotopic (exact) mass is 318 g/mol. The van der Waals surface area contributed by atoms with Gasteiger partial charge in [0.25, 0.3) is 0 Å². The molecule has 2 heterocycles. The van der Waals surface area contributed by atoms with E-state index in [1.165, 1.54) is 6.20 Å². The maximum atomic E-state index is 14.5. The summed E-state index contributed by atoms with van der Waals surface area (Å²) in [5, 5.41) is 17.1. The van der Waals surface area contributed by atoms with E-state index in [9.17, 15) is 19.1 Å². The molecule has 1 aliphatic rings. The molecule has 1 aliphatic heterocycles. The Morgan fingerprint density at radius 2 is 2.26 bits per heavy atom. The molecule has 3 rings (SSSR count). The number of pyridine rings is 1. The molecule has 0 radical (unpaired) electrons. The van der Waals surface area contributed by atoms with Gasteiger partial charge in [0.2, 0.25) is 5.43 Å². The van der Waals surface area contributed by atoms with Gasteiger partial charge in [-0.2, -0.15) is 0 Å². The largest absolute Gasteiger partial charge is 0.488 e. The number of aromatic nitrogens is 1. The third-order valence-electron chi connectivity index (χ3n) is 4.05. The summed E-state index contributed by atoms with van der Waals surface area (Å²) in [4.78, 5) is 23.6. The molecule has 0 aliphatic carbocycles. The van der Waals surface area contributed by atoms with Crippen molar-refractivity contribution in [1.82, 2.24) is 4.57 Å². The van der Waals surface area contributed by atoms with Crippen LogP contribution < -0.4 is 10.2 Å². The molecular weight excluding hydrogens is 303 g/mol. The number of carboxylic acid groups (broad SMARTS) is 1. The van der Waals surface area contributed by atoms with E-state index in [1.54, 1.807) is 11.5 Å². The Balaban J connectivity index is 2.53. The molecule has 6 nitrogen and oxygen atoms in total. The number of nitrogens with zero attached hydrogens (tertiary/aromatic N) is 1. The molecule has 1 atom stereocenters. The van der Waals surface area contributed by atoms with Crippen LogP contribution >= 0.6 is 0 Å². The van der Waals surface area contributed by atoms with E-state index < -0.39 is 22.8 Å². The van der Waals surface area contributed by atoms with Crippen molar-refractivity contribution in [2.75, 3.05) is 6.61 Å². The zero-order valence-electron chi connectivity index (χ0n) is 12.6. The third kappa shape index (κ3) is 2.11. The highest BCUT2D eigenvalue weighted by Gasteiger charge is 2.28. The minimum absolute atomic E-state index is 0.0307. The van der Waals surface area contributed by atoms with Gasteiger partial charge in [-0.05, 0) is 19.4 Å². The quantitative estimate of drug-likeness (QED) is 0.851. The van der Waals surface area contributed by atoms with Crippen molar-refractivity contribution in [3.05, 3.63) is 39.4 Å². The molecular formula is C16H15FN2O4. The average Bonchev–Trinajstić information content (AvgIpc) is 2.51. The Morgan fingerprint density at radius 1 is 1.57 bits per heavy atom. The minimum Gasteiger partial charge on any atom is -0.488 e. The zero-order valence-corrected chi connectivity index (χ0v) is 12.6. The molecule has 0 spiro atoms. The van der Waals surface area contributed by atoms with Gasteiger partial charge in [0, 0.05) is 11.9 Å². The lowest BCUT2D eigenvalue weighted by Crippen LogP contribution is -2.27. The van der Waals surface area contributed by atoms with Crippen LogP contribution in [-0.2, 0) is 0 Å². The standard InChI is InChI=1S/C16H15FN2O4/c1-3-11(18)12-10(17)4-8-13-15(12)23-6-7(2)19(13)5-9(14(8)20)16(21)22/h4-5,7,18H,3,6H2,1-2H3,(H,21,22)/t7-/m0/s1. The fourth-order valence-electron chi connectivity index (χ4n) is 2.84. The third-order valence-corrected chi connectivity index (χ3v) is 4.05. The van der Waals surface area contributed by atoms with Crippen molar-refractivity contribution in [1.29, 1.82) is 5.41 Å². The van der Waals surface area contributed by atoms with Crippen LogP contribution in [0.2, 0.25) is 0 Å². The molecule has 1 aromatic heterocycles. The molecule has 120 valence electrons. The van der Waals surface area contributed by atoms with Crippen LogP contribution in [0, 0.1) is 11.2 Å². The summed E-state index contributed by atoms with van der Waals surface area (Å²) in [6.07, 6.45) is 1.58. The predicted octanol–water partition coefficient (Wildman–Crippen LogP) is 2.57. The van der Waals surface area contributed by atoms with Crippen LogP contribution in [0.1, 0.15) is 42.2 Å². The summed E-state index contributed by atoms with van der Waals surface area (Å²) in [5.41, 5.74) is -0.724. The lowest BCUT2D eigenvalue weighted by molar-refractivity contribution is 0.0694. The fourth-order valence-corrected chi connectivity index (χ4v) is 2.84. The van der Waals surface area contributed by atoms with Gasteiger partial charge >= 0.3 is 5.97 Å². The van der Waals surface area contributed by atoms with E-state index in [2.05, 4.69) is 0 Å². The molecule has 0 bridgehead atoms. The van der Waals surface area contributed by atoms with Crippen molar-refractivity contribution in [3.63, 3.8) is 0 Å². The van der Waals surface area contributed by atoms with Gasteiger partial charge in [-0.1, -0.05) is 6.92 Å².